The summed E-state index contributed by atoms with van der Waals surface area (Å²) in [4.78, 5) is 5.15. The van der Waals surface area contributed by atoms with Gasteiger partial charge in [0.2, 0.25) is 0 Å². The zero-order chi connectivity index (χ0) is 38.9. The lowest BCUT2D eigenvalue weighted by Crippen LogP contribution is -2.35. The third-order valence-electron chi connectivity index (χ3n) is 7.01. The van der Waals surface area contributed by atoms with Crippen LogP contribution in [0.25, 0.3) is 0 Å². The molecule has 0 atom stereocenters. The molecule has 0 aliphatic carbocycles. The predicted molar refractivity (Wildman–Crippen MR) is 201 cm³/mol. The summed E-state index contributed by atoms with van der Waals surface area (Å²) in [5.41, 5.74) is -0.889. The minimum Gasteiger partial charge on any atom is -0.378 e. The second kappa shape index (κ2) is 33.2. The highest BCUT2D eigenvalue weighted by Gasteiger charge is 2.22. The molecule has 0 aliphatic heterocycles. The number of nitrogens with one attached hydrogen (secondary N) is 2. The molecule has 0 saturated heterocycles. The van der Waals surface area contributed by atoms with Gasteiger partial charge in [0, 0.05) is 11.1 Å². The lowest BCUT2D eigenvalue weighted by atomic mass is 10.0. The Balaban J connectivity index is 3.27. The maximum absolute atomic E-state index is 12.0. The van der Waals surface area contributed by atoms with Crippen molar-refractivity contribution in [1.82, 2.24) is 9.67 Å². The van der Waals surface area contributed by atoms with Crippen molar-refractivity contribution in [2.24, 2.45) is 0 Å². The van der Waals surface area contributed by atoms with Gasteiger partial charge in [-0.15, -0.1) is 0 Å². The summed E-state index contributed by atoms with van der Waals surface area (Å²) in [6.45, 7) is 15.2. The molecule has 0 spiro atoms. The maximum atomic E-state index is 12.0. The minimum atomic E-state index is -3.19. The molecule has 2 N–H and O–H groups in total. The normalized spacial score (nSPS) is 13.0. The molecule has 0 rings (SSSR count). The van der Waals surface area contributed by atoms with Crippen LogP contribution < -0.4 is 9.67 Å². The minimum absolute atomic E-state index is 0.0317. The van der Waals surface area contributed by atoms with E-state index in [0.717, 1.165) is 0 Å². The van der Waals surface area contributed by atoms with Crippen LogP contribution in [-0.2, 0) is 67.0 Å². The van der Waals surface area contributed by atoms with E-state index in [1.165, 1.54) is 0 Å². The van der Waals surface area contributed by atoms with Crippen LogP contribution in [0.3, 0.4) is 0 Å². The number of hydrogen-bond donors (Lipinski definition) is 2. The van der Waals surface area contributed by atoms with E-state index in [1.807, 2.05) is 27.7 Å². The monoisotopic (exact) mass is 836 g/mol. The molecule has 0 fully saturated rings. The summed E-state index contributed by atoms with van der Waals surface area (Å²) in [6, 6.07) is 0. The summed E-state index contributed by atoms with van der Waals surface area (Å²) < 4.78 is 102. The Morgan fingerprint density at radius 3 is 0.692 bits per heavy atom. The van der Waals surface area contributed by atoms with Gasteiger partial charge in [0.1, 0.15) is 0 Å². The van der Waals surface area contributed by atoms with Crippen LogP contribution in [-0.4, -0.2) is 183 Å². The van der Waals surface area contributed by atoms with Gasteiger partial charge in [-0.05, 0) is 64.1 Å². The Bertz CT molecular complexity index is 949. The van der Waals surface area contributed by atoms with Crippen LogP contribution in [0.2, 0.25) is 0 Å². The molecule has 0 aliphatic rings. The van der Waals surface area contributed by atoms with Crippen LogP contribution >= 0.6 is 23.6 Å². The molecule has 0 bridgehead atoms. The fourth-order valence-corrected chi connectivity index (χ4v) is 6.56. The van der Waals surface area contributed by atoms with Crippen molar-refractivity contribution in [3.8, 4) is 0 Å². The fraction of sp³-hybridized carbons (Fsp3) is 1.00. The SMILES string of the molecule is CC(C)(CCS(=O)(=O)CCOCCOCCOCCOCCOCCOCCOCCOCCOCCOCCS(=O)(=O)CCC(C)(C)NCl)NCl. The largest absolute Gasteiger partial charge is 0.378 e. The first-order chi connectivity index (χ1) is 24.7. The van der Waals surface area contributed by atoms with Crippen LogP contribution in [0.1, 0.15) is 40.5 Å². The Labute approximate surface area is 322 Å². The predicted octanol–water partition coefficient (Wildman–Crippen LogP) is 1.81. The molecular weight excluding hydrogens is 771 g/mol. The number of rotatable bonds is 41. The molecule has 0 aromatic rings. The third kappa shape index (κ3) is 36.9. The molecule has 0 amide bonds. The van der Waals surface area contributed by atoms with E-state index in [0.29, 0.717) is 132 Å². The molecule has 0 saturated carbocycles. The number of hydrogen-bond acceptors (Lipinski definition) is 16. The van der Waals surface area contributed by atoms with E-state index >= 15 is 0 Å². The quantitative estimate of drug-likeness (QED) is 0.0671. The Morgan fingerprint density at radius 1 is 0.346 bits per heavy atom. The summed E-state index contributed by atoms with van der Waals surface area (Å²) >= 11 is 11.2. The number of halogens is 2. The standard InChI is InChI=1S/C32H66Cl2N2O14S2/c1-31(2,35-33)5-27-51(37,38)29-25-49-23-21-47-19-17-45-15-13-43-11-9-41-7-8-42-10-12-44-14-16-46-18-20-48-22-24-50-26-30-52(39,40)28-6-32(3,4)36-34/h35-36H,5-30H2,1-4H3. The van der Waals surface area contributed by atoms with Crippen LogP contribution in [0.15, 0.2) is 0 Å². The Kier molecular flexibility index (Phi) is 33.2. The van der Waals surface area contributed by atoms with Gasteiger partial charge in [-0.25, -0.2) is 26.5 Å². The van der Waals surface area contributed by atoms with E-state index in [1.54, 1.807) is 0 Å². The van der Waals surface area contributed by atoms with Crippen molar-refractivity contribution < 1.29 is 64.2 Å². The van der Waals surface area contributed by atoms with Crippen molar-refractivity contribution in [2.75, 3.05) is 155 Å². The lowest BCUT2D eigenvalue weighted by Gasteiger charge is -2.21. The van der Waals surface area contributed by atoms with Crippen molar-refractivity contribution in [2.45, 2.75) is 51.6 Å². The lowest BCUT2D eigenvalue weighted by molar-refractivity contribution is -0.0261. The second-order valence-electron chi connectivity index (χ2n) is 12.9. The molecule has 20 heteroatoms. The number of sulfone groups is 2. The molecular formula is C32H66Cl2N2O14S2. The first-order valence-electron chi connectivity index (χ1n) is 17.7. The molecule has 0 radical (unpaired) electrons. The molecule has 52 heavy (non-hydrogen) atoms. The molecule has 0 unspecified atom stereocenters. The van der Waals surface area contributed by atoms with E-state index in [-0.39, 0.29) is 36.2 Å². The maximum Gasteiger partial charge on any atom is 0.152 e. The summed E-state index contributed by atoms with van der Waals surface area (Å²) in [5, 5.41) is 0. The average Bonchev–Trinajstić information content (AvgIpc) is 3.10. The van der Waals surface area contributed by atoms with Gasteiger partial charge in [-0.1, -0.05) is 0 Å². The van der Waals surface area contributed by atoms with Crippen LogP contribution in [0.5, 0.6) is 0 Å². The molecule has 314 valence electrons. The van der Waals surface area contributed by atoms with E-state index in [2.05, 4.69) is 9.67 Å². The summed E-state index contributed by atoms with van der Waals surface area (Å²) in [6.07, 6.45) is 0.840. The molecule has 0 aromatic carbocycles. The smallest absolute Gasteiger partial charge is 0.152 e. The average molecular weight is 838 g/mol. The van der Waals surface area contributed by atoms with E-state index in [9.17, 15) is 16.8 Å². The van der Waals surface area contributed by atoms with Gasteiger partial charge in [-0.3, -0.25) is 0 Å². The second-order valence-corrected chi connectivity index (χ2v) is 17.9. The fourth-order valence-electron chi connectivity index (χ4n) is 3.57. The zero-order valence-electron chi connectivity index (χ0n) is 31.7. The number of ether oxygens (including phenoxy) is 10. The van der Waals surface area contributed by atoms with Gasteiger partial charge < -0.3 is 47.4 Å². The van der Waals surface area contributed by atoms with Gasteiger partial charge >= 0.3 is 0 Å². The van der Waals surface area contributed by atoms with E-state index < -0.39 is 30.8 Å². The van der Waals surface area contributed by atoms with Crippen LogP contribution in [0.4, 0.5) is 0 Å². The van der Waals surface area contributed by atoms with Crippen LogP contribution in [0, 0.1) is 0 Å². The van der Waals surface area contributed by atoms with E-state index in [4.69, 9.17) is 70.9 Å². The first-order valence-corrected chi connectivity index (χ1v) is 22.1. The van der Waals surface area contributed by atoms with Crippen molar-refractivity contribution in [3.63, 3.8) is 0 Å². The molecule has 0 aromatic heterocycles. The zero-order valence-corrected chi connectivity index (χ0v) is 34.8. The molecule has 0 heterocycles. The highest BCUT2D eigenvalue weighted by Crippen LogP contribution is 2.12. The van der Waals surface area contributed by atoms with Gasteiger partial charge in [0.15, 0.2) is 19.7 Å². The summed E-state index contributed by atoms with van der Waals surface area (Å²) in [5.74, 6) is 0.0370. The van der Waals surface area contributed by atoms with Gasteiger partial charge in [-0.2, -0.15) is 0 Å². The summed E-state index contributed by atoms with van der Waals surface area (Å²) in [7, 11) is -6.39. The van der Waals surface area contributed by atoms with Gasteiger partial charge in [0.25, 0.3) is 0 Å². The first kappa shape index (κ1) is 52.0. The van der Waals surface area contributed by atoms with Crippen molar-refractivity contribution >= 4 is 43.2 Å². The highest BCUT2D eigenvalue weighted by atomic mass is 35.5. The Hall–Kier alpha value is -0.0000000000000000555. The third-order valence-corrected chi connectivity index (χ3v) is 11.3. The topological polar surface area (TPSA) is 185 Å². The van der Waals surface area contributed by atoms with Crippen molar-refractivity contribution in [3.05, 3.63) is 0 Å². The van der Waals surface area contributed by atoms with Crippen molar-refractivity contribution in [1.29, 1.82) is 0 Å². The Morgan fingerprint density at radius 2 is 0.519 bits per heavy atom. The highest BCUT2D eigenvalue weighted by molar-refractivity contribution is 7.91. The van der Waals surface area contributed by atoms with Gasteiger partial charge in [0.05, 0.1) is 155 Å². The molecule has 16 nitrogen and oxygen atoms in total.